The number of nitrogens with one attached hydrogen (secondary N) is 2. The van der Waals surface area contributed by atoms with Gasteiger partial charge in [0.1, 0.15) is 18.2 Å². The summed E-state index contributed by atoms with van der Waals surface area (Å²) >= 11 is 0. The second-order valence-corrected chi connectivity index (χ2v) is 8.24. The number of ether oxygens (including phenoxy) is 3. The number of anilines is 2. The normalized spacial score (nSPS) is 17.3. The number of hydrogen-bond acceptors (Lipinski definition) is 7. The zero-order valence-corrected chi connectivity index (χ0v) is 18.6. The summed E-state index contributed by atoms with van der Waals surface area (Å²) in [5.41, 5.74) is 1.90. The standard InChI is InChI=1S/C25H26N4O4/c1-26-24-20-12-27-23(29-25(30)16-6-7-16)10-19(20)17(11-28-24)5-3-15-4-8-21-22(9-15)32-14-18(33-21)13-31-2/h3-5,8-12,16,18H,6-7,13-14H2,1-2H3,(H,26,28)(H,27,29,30)/b5-3+/t18-/m0/s1. The first kappa shape index (κ1) is 21.2. The summed E-state index contributed by atoms with van der Waals surface area (Å²) in [7, 11) is 3.47. The number of benzene rings is 1. The van der Waals surface area contributed by atoms with Gasteiger partial charge in [0.2, 0.25) is 5.91 Å². The minimum atomic E-state index is -0.102. The van der Waals surface area contributed by atoms with E-state index in [2.05, 4.69) is 20.6 Å². The second kappa shape index (κ2) is 9.07. The van der Waals surface area contributed by atoms with E-state index >= 15 is 0 Å². The summed E-state index contributed by atoms with van der Waals surface area (Å²) in [4.78, 5) is 21.1. The molecule has 1 aliphatic heterocycles. The maximum atomic E-state index is 12.2. The van der Waals surface area contributed by atoms with Crippen molar-refractivity contribution in [2.24, 2.45) is 5.92 Å². The van der Waals surface area contributed by atoms with E-state index in [0.29, 0.717) is 30.5 Å². The lowest BCUT2D eigenvalue weighted by Gasteiger charge is -2.26. The molecule has 8 nitrogen and oxygen atoms in total. The third-order valence-corrected chi connectivity index (χ3v) is 5.73. The highest BCUT2D eigenvalue weighted by Crippen LogP contribution is 2.34. The number of carbonyl (C=O) groups excluding carboxylic acids is 1. The Balaban J connectivity index is 1.42. The Kier molecular flexibility index (Phi) is 5.83. The molecule has 33 heavy (non-hydrogen) atoms. The molecule has 1 fully saturated rings. The molecular weight excluding hydrogens is 420 g/mol. The largest absolute Gasteiger partial charge is 0.486 e. The maximum Gasteiger partial charge on any atom is 0.228 e. The molecule has 2 aromatic heterocycles. The molecule has 1 aliphatic carbocycles. The predicted octanol–water partition coefficient (Wildman–Crippen LogP) is 3.98. The van der Waals surface area contributed by atoms with Crippen LogP contribution in [0.2, 0.25) is 0 Å². The fourth-order valence-electron chi connectivity index (χ4n) is 3.82. The monoisotopic (exact) mass is 446 g/mol. The van der Waals surface area contributed by atoms with Crippen molar-refractivity contribution in [2.45, 2.75) is 18.9 Å². The van der Waals surface area contributed by atoms with Crippen molar-refractivity contribution < 1.29 is 19.0 Å². The average molecular weight is 447 g/mol. The van der Waals surface area contributed by atoms with Crippen molar-refractivity contribution in [1.29, 1.82) is 0 Å². The minimum Gasteiger partial charge on any atom is -0.486 e. The molecule has 0 saturated heterocycles. The summed E-state index contributed by atoms with van der Waals surface area (Å²) in [6, 6.07) is 7.74. The molecule has 1 aromatic carbocycles. The van der Waals surface area contributed by atoms with Crippen LogP contribution < -0.4 is 20.1 Å². The van der Waals surface area contributed by atoms with Crippen molar-refractivity contribution in [1.82, 2.24) is 9.97 Å². The summed E-state index contributed by atoms with van der Waals surface area (Å²) in [6.45, 7) is 0.943. The Morgan fingerprint density at radius 3 is 2.82 bits per heavy atom. The lowest BCUT2D eigenvalue weighted by Crippen LogP contribution is -2.32. The van der Waals surface area contributed by atoms with Crippen LogP contribution in [-0.4, -0.2) is 49.4 Å². The molecule has 0 bridgehead atoms. The van der Waals surface area contributed by atoms with Gasteiger partial charge in [-0.1, -0.05) is 18.2 Å². The van der Waals surface area contributed by atoms with E-state index in [1.54, 1.807) is 13.3 Å². The molecule has 3 aromatic rings. The number of carbonyl (C=O) groups is 1. The van der Waals surface area contributed by atoms with E-state index in [1.165, 1.54) is 0 Å². The summed E-state index contributed by atoms with van der Waals surface area (Å²) in [5.74, 6) is 2.87. The lowest BCUT2D eigenvalue weighted by molar-refractivity contribution is -0.117. The Morgan fingerprint density at radius 1 is 1.15 bits per heavy atom. The maximum absolute atomic E-state index is 12.2. The SMILES string of the molecule is CNc1ncc(/C=C/c2ccc3c(c2)OC[C@H](COC)O3)c2cc(NC(=O)C3CC3)ncc12. The molecule has 8 heteroatoms. The lowest BCUT2D eigenvalue weighted by atomic mass is 10.1. The van der Waals surface area contributed by atoms with Crippen LogP contribution in [0.25, 0.3) is 22.9 Å². The van der Waals surface area contributed by atoms with Crippen LogP contribution in [0.1, 0.15) is 24.0 Å². The first-order chi connectivity index (χ1) is 16.1. The van der Waals surface area contributed by atoms with E-state index in [-0.39, 0.29) is 17.9 Å². The molecule has 0 unspecified atom stereocenters. The predicted molar refractivity (Wildman–Crippen MR) is 128 cm³/mol. The van der Waals surface area contributed by atoms with Gasteiger partial charge < -0.3 is 24.8 Å². The Morgan fingerprint density at radius 2 is 2.03 bits per heavy atom. The van der Waals surface area contributed by atoms with E-state index in [1.807, 2.05) is 49.7 Å². The summed E-state index contributed by atoms with van der Waals surface area (Å²) in [6.07, 6.45) is 9.35. The van der Waals surface area contributed by atoms with Gasteiger partial charge in [0.25, 0.3) is 0 Å². The highest BCUT2D eigenvalue weighted by Gasteiger charge is 2.29. The van der Waals surface area contributed by atoms with E-state index < -0.39 is 0 Å². The van der Waals surface area contributed by atoms with Crippen LogP contribution in [-0.2, 0) is 9.53 Å². The van der Waals surface area contributed by atoms with Crippen molar-refractivity contribution >= 4 is 40.5 Å². The zero-order valence-electron chi connectivity index (χ0n) is 18.6. The van der Waals surface area contributed by atoms with Gasteiger partial charge in [0.05, 0.1) is 6.61 Å². The summed E-state index contributed by atoms with van der Waals surface area (Å²) in [5, 5.41) is 7.87. The van der Waals surface area contributed by atoms with Crippen LogP contribution >= 0.6 is 0 Å². The second-order valence-electron chi connectivity index (χ2n) is 8.24. The number of fused-ring (bicyclic) bond motifs is 2. The third-order valence-electron chi connectivity index (χ3n) is 5.73. The minimum absolute atomic E-state index is 0.0332. The summed E-state index contributed by atoms with van der Waals surface area (Å²) < 4.78 is 16.9. The van der Waals surface area contributed by atoms with E-state index in [4.69, 9.17) is 14.2 Å². The fourth-order valence-corrected chi connectivity index (χ4v) is 3.82. The van der Waals surface area contributed by atoms with E-state index in [9.17, 15) is 4.79 Å². The molecule has 0 spiro atoms. The van der Waals surface area contributed by atoms with Crippen molar-refractivity contribution in [3.05, 3.63) is 47.8 Å². The van der Waals surface area contributed by atoms with Gasteiger partial charge >= 0.3 is 0 Å². The van der Waals surface area contributed by atoms with Gasteiger partial charge in [-0.05, 0) is 42.0 Å². The first-order valence-corrected chi connectivity index (χ1v) is 11.0. The topological polar surface area (TPSA) is 94.6 Å². The van der Waals surface area contributed by atoms with Crippen molar-refractivity contribution in [3.8, 4) is 11.5 Å². The zero-order chi connectivity index (χ0) is 22.8. The molecule has 3 heterocycles. The van der Waals surface area contributed by atoms with Crippen LogP contribution in [0.4, 0.5) is 11.6 Å². The van der Waals surface area contributed by atoms with Crippen LogP contribution in [0.3, 0.4) is 0 Å². The molecule has 170 valence electrons. The number of amides is 1. The molecule has 5 rings (SSSR count). The highest BCUT2D eigenvalue weighted by atomic mass is 16.6. The number of methoxy groups -OCH3 is 1. The van der Waals surface area contributed by atoms with Crippen LogP contribution in [0.5, 0.6) is 11.5 Å². The highest BCUT2D eigenvalue weighted by molar-refractivity contribution is 6.01. The molecule has 1 saturated carbocycles. The molecule has 2 aliphatic rings. The molecule has 0 radical (unpaired) electrons. The van der Waals surface area contributed by atoms with Crippen LogP contribution in [0.15, 0.2) is 36.7 Å². The van der Waals surface area contributed by atoms with Gasteiger partial charge in [-0.2, -0.15) is 0 Å². The van der Waals surface area contributed by atoms with Gasteiger partial charge in [-0.15, -0.1) is 0 Å². The number of aromatic nitrogens is 2. The van der Waals surface area contributed by atoms with Crippen molar-refractivity contribution in [2.75, 3.05) is 38.0 Å². The molecule has 1 amide bonds. The van der Waals surface area contributed by atoms with Gasteiger partial charge in [-0.3, -0.25) is 4.79 Å². The number of pyridine rings is 2. The van der Waals surface area contributed by atoms with Crippen LogP contribution in [0, 0.1) is 5.92 Å². The quantitative estimate of drug-likeness (QED) is 0.567. The van der Waals surface area contributed by atoms with Gasteiger partial charge in [-0.25, -0.2) is 9.97 Å². The fraction of sp³-hybridized carbons (Fsp3) is 0.320. The number of hydrogen-bond donors (Lipinski definition) is 2. The Labute approximate surface area is 192 Å². The molecular formula is C25H26N4O4. The van der Waals surface area contributed by atoms with Gasteiger partial charge in [0.15, 0.2) is 17.6 Å². The first-order valence-electron chi connectivity index (χ1n) is 11.0. The Hall–Kier alpha value is -3.65. The van der Waals surface area contributed by atoms with Crippen molar-refractivity contribution in [3.63, 3.8) is 0 Å². The molecule has 1 atom stereocenters. The number of rotatable bonds is 7. The van der Waals surface area contributed by atoms with Gasteiger partial charge in [0, 0.05) is 43.4 Å². The van der Waals surface area contributed by atoms with E-state index in [0.717, 1.165) is 40.6 Å². The average Bonchev–Trinajstić information content (AvgIpc) is 3.68. The third kappa shape index (κ3) is 4.61. The number of nitrogens with zero attached hydrogens (tertiary/aromatic N) is 2. The molecule has 2 N–H and O–H groups in total. The Bertz CT molecular complexity index is 1220. The smallest absolute Gasteiger partial charge is 0.228 e.